The molecule has 0 radical (unpaired) electrons. The largest absolute Gasteiger partial charge is 0.458 e. The van der Waals surface area contributed by atoms with Gasteiger partial charge in [-0.3, -0.25) is 4.79 Å². The number of fused-ring (bicyclic) bond motifs is 5. The highest BCUT2D eigenvalue weighted by Gasteiger charge is 2.60. The van der Waals surface area contributed by atoms with Gasteiger partial charge < -0.3 is 9.47 Å². The van der Waals surface area contributed by atoms with E-state index in [1.54, 1.807) is 6.92 Å². The molecular formula is C23H32O5. The van der Waals surface area contributed by atoms with Gasteiger partial charge in [0, 0.05) is 11.8 Å². The number of carbonyl (C=O) groups excluding carboxylic acids is 3. The molecule has 5 heteroatoms. The Morgan fingerprint density at radius 2 is 1.82 bits per heavy atom. The Labute approximate surface area is 167 Å². The highest BCUT2D eigenvalue weighted by molar-refractivity contribution is 6.29. The summed E-state index contributed by atoms with van der Waals surface area (Å²) in [5.41, 5.74) is 1.46. The fourth-order valence-corrected chi connectivity index (χ4v) is 7.07. The minimum atomic E-state index is -0.880. The predicted octanol–water partition coefficient (Wildman–Crippen LogP) is 3.99. The minimum absolute atomic E-state index is 0.0641. The van der Waals surface area contributed by atoms with E-state index >= 15 is 0 Å². The van der Waals surface area contributed by atoms with E-state index in [2.05, 4.69) is 13.8 Å². The quantitative estimate of drug-likeness (QED) is 0.528. The second-order valence-corrected chi connectivity index (χ2v) is 9.71. The van der Waals surface area contributed by atoms with Crippen molar-refractivity contribution in [2.45, 2.75) is 78.2 Å². The third-order valence-electron chi connectivity index (χ3n) is 8.57. The van der Waals surface area contributed by atoms with E-state index < -0.39 is 11.9 Å². The lowest BCUT2D eigenvalue weighted by atomic mass is 9.47. The summed E-state index contributed by atoms with van der Waals surface area (Å²) in [6.45, 7) is 6.49. The first-order chi connectivity index (χ1) is 13.3. The molecule has 4 aliphatic carbocycles. The van der Waals surface area contributed by atoms with Crippen LogP contribution >= 0.6 is 0 Å². The highest BCUT2D eigenvalue weighted by atomic mass is 16.6. The van der Waals surface area contributed by atoms with Crippen LogP contribution in [0.3, 0.4) is 0 Å². The summed E-state index contributed by atoms with van der Waals surface area (Å²) < 4.78 is 10.5. The van der Waals surface area contributed by atoms with Crippen LogP contribution in [0.2, 0.25) is 0 Å². The van der Waals surface area contributed by atoms with Gasteiger partial charge in [0.15, 0.2) is 5.78 Å². The number of hydrogen-bond donors (Lipinski definition) is 0. The first-order valence-corrected chi connectivity index (χ1v) is 10.9. The summed E-state index contributed by atoms with van der Waals surface area (Å²) in [6.07, 6.45) is 9.51. The van der Waals surface area contributed by atoms with E-state index in [-0.39, 0.29) is 23.5 Å². The smallest absolute Gasteiger partial charge is 0.417 e. The first-order valence-electron chi connectivity index (χ1n) is 10.9. The molecule has 3 fully saturated rings. The Bertz CT molecular complexity index is 725. The van der Waals surface area contributed by atoms with Crippen molar-refractivity contribution in [1.82, 2.24) is 0 Å². The molecule has 154 valence electrons. The maximum absolute atomic E-state index is 12.1. The highest BCUT2D eigenvalue weighted by Crippen LogP contribution is 2.65. The van der Waals surface area contributed by atoms with E-state index in [0.29, 0.717) is 30.0 Å². The zero-order valence-corrected chi connectivity index (χ0v) is 17.3. The van der Waals surface area contributed by atoms with Crippen LogP contribution in [0.5, 0.6) is 0 Å². The number of hydrogen-bond acceptors (Lipinski definition) is 5. The van der Waals surface area contributed by atoms with E-state index in [4.69, 9.17) is 9.47 Å². The van der Waals surface area contributed by atoms with Crippen molar-refractivity contribution in [1.29, 1.82) is 0 Å². The molecule has 4 aliphatic rings. The zero-order chi connectivity index (χ0) is 20.1. The van der Waals surface area contributed by atoms with E-state index in [0.717, 1.165) is 44.9 Å². The molecule has 0 aromatic heterocycles. The summed E-state index contributed by atoms with van der Waals surface area (Å²) in [5, 5.41) is 0. The van der Waals surface area contributed by atoms with E-state index in [1.807, 2.05) is 6.08 Å². The molecule has 0 amide bonds. The Morgan fingerprint density at radius 3 is 2.57 bits per heavy atom. The van der Waals surface area contributed by atoms with Gasteiger partial charge in [-0.15, -0.1) is 0 Å². The Balaban J connectivity index is 1.52. The number of carbonyl (C=O) groups is 3. The molecule has 28 heavy (non-hydrogen) atoms. The molecule has 0 aromatic carbocycles. The topological polar surface area (TPSA) is 69.7 Å². The zero-order valence-electron chi connectivity index (χ0n) is 17.3. The summed E-state index contributed by atoms with van der Waals surface area (Å²) in [6, 6.07) is 0. The minimum Gasteiger partial charge on any atom is -0.458 e. The van der Waals surface area contributed by atoms with Crippen LogP contribution in [0.25, 0.3) is 0 Å². The Morgan fingerprint density at radius 1 is 1.04 bits per heavy atom. The van der Waals surface area contributed by atoms with Gasteiger partial charge >= 0.3 is 11.9 Å². The number of ketones is 1. The fraction of sp³-hybridized carbons (Fsp3) is 0.783. The molecule has 6 atom stereocenters. The molecule has 6 unspecified atom stereocenters. The standard InChI is InChI=1S/C23H32O5/c1-4-27-20(25)21(26)28-19-8-7-17-16-6-5-14-13-15(24)9-11-22(14,2)18(16)10-12-23(17,19)3/h13,16-19H,4-12H2,1-3H3. The van der Waals surface area contributed by atoms with Gasteiger partial charge in [0.2, 0.25) is 0 Å². The van der Waals surface area contributed by atoms with Crippen LogP contribution in [-0.2, 0) is 23.9 Å². The lowest BCUT2D eigenvalue weighted by molar-refractivity contribution is -0.176. The van der Waals surface area contributed by atoms with Crippen molar-refractivity contribution in [3.05, 3.63) is 11.6 Å². The van der Waals surface area contributed by atoms with Gasteiger partial charge in [0.05, 0.1) is 6.61 Å². The van der Waals surface area contributed by atoms with Gasteiger partial charge in [-0.2, -0.15) is 0 Å². The Hall–Kier alpha value is -1.65. The van der Waals surface area contributed by atoms with Crippen molar-refractivity contribution in [2.75, 3.05) is 6.61 Å². The number of rotatable bonds is 2. The van der Waals surface area contributed by atoms with Gasteiger partial charge in [0.1, 0.15) is 6.10 Å². The third-order valence-corrected chi connectivity index (χ3v) is 8.57. The van der Waals surface area contributed by atoms with Crippen molar-refractivity contribution in [3.8, 4) is 0 Å². The lowest BCUT2D eigenvalue weighted by Gasteiger charge is -2.57. The number of esters is 2. The summed E-state index contributed by atoms with van der Waals surface area (Å²) in [5.74, 6) is 0.303. The van der Waals surface area contributed by atoms with Crippen LogP contribution in [0.15, 0.2) is 11.6 Å². The molecule has 3 saturated carbocycles. The molecular weight excluding hydrogens is 356 g/mol. The molecule has 5 nitrogen and oxygen atoms in total. The molecule has 0 saturated heterocycles. The fourth-order valence-electron chi connectivity index (χ4n) is 7.07. The van der Waals surface area contributed by atoms with Crippen LogP contribution in [0.4, 0.5) is 0 Å². The molecule has 4 rings (SSSR count). The van der Waals surface area contributed by atoms with Gasteiger partial charge in [0.25, 0.3) is 0 Å². The molecule has 0 heterocycles. The van der Waals surface area contributed by atoms with Crippen molar-refractivity contribution < 1.29 is 23.9 Å². The van der Waals surface area contributed by atoms with Crippen LogP contribution in [0.1, 0.15) is 72.1 Å². The lowest BCUT2D eigenvalue weighted by Crippen LogP contribution is -2.51. The van der Waals surface area contributed by atoms with Gasteiger partial charge in [-0.1, -0.05) is 19.4 Å². The second-order valence-electron chi connectivity index (χ2n) is 9.71. The average molecular weight is 389 g/mol. The SMILES string of the molecule is CCOC(=O)C(=O)OC1CCC2C3CCC4=CC(=O)CCC4(C)C3CCC12C. The summed E-state index contributed by atoms with van der Waals surface area (Å²) in [4.78, 5) is 35.8. The van der Waals surface area contributed by atoms with Crippen LogP contribution in [0, 0.1) is 28.6 Å². The molecule has 0 N–H and O–H groups in total. The Kier molecular flexibility index (Phi) is 4.91. The molecule has 0 bridgehead atoms. The number of allylic oxidation sites excluding steroid dienone is 1. The first kappa shape index (κ1) is 19.7. The van der Waals surface area contributed by atoms with Gasteiger partial charge in [-0.05, 0) is 81.1 Å². The van der Waals surface area contributed by atoms with Crippen molar-refractivity contribution >= 4 is 17.7 Å². The summed E-state index contributed by atoms with van der Waals surface area (Å²) in [7, 11) is 0. The molecule has 0 spiro atoms. The van der Waals surface area contributed by atoms with Gasteiger partial charge in [-0.25, -0.2) is 9.59 Å². The van der Waals surface area contributed by atoms with E-state index in [1.165, 1.54) is 5.57 Å². The average Bonchev–Trinajstić information content (AvgIpc) is 2.99. The summed E-state index contributed by atoms with van der Waals surface area (Å²) >= 11 is 0. The molecule has 0 aliphatic heterocycles. The van der Waals surface area contributed by atoms with Crippen molar-refractivity contribution in [3.63, 3.8) is 0 Å². The molecule has 0 aromatic rings. The van der Waals surface area contributed by atoms with Crippen molar-refractivity contribution in [2.24, 2.45) is 28.6 Å². The second kappa shape index (κ2) is 7.00. The maximum Gasteiger partial charge on any atom is 0.417 e. The predicted molar refractivity (Wildman–Crippen MR) is 103 cm³/mol. The normalized spacial score (nSPS) is 42.0. The maximum atomic E-state index is 12.1. The van der Waals surface area contributed by atoms with Crippen LogP contribution < -0.4 is 0 Å². The number of ether oxygens (including phenoxy) is 2. The third kappa shape index (κ3) is 2.93. The van der Waals surface area contributed by atoms with Crippen LogP contribution in [-0.4, -0.2) is 30.4 Å². The van der Waals surface area contributed by atoms with E-state index in [9.17, 15) is 14.4 Å². The monoisotopic (exact) mass is 388 g/mol.